The number of aliphatic hydroxyl groups excluding tert-OH is 2. The Bertz CT molecular complexity index is 874. The summed E-state index contributed by atoms with van der Waals surface area (Å²) in [6, 6.07) is 8.66. The Morgan fingerprint density at radius 2 is 1.88 bits per heavy atom. The minimum Gasteiger partial charge on any atom is -0.445 e. The molecule has 0 radical (unpaired) electrons. The number of ether oxygens (including phenoxy) is 1. The van der Waals surface area contributed by atoms with E-state index in [0.717, 1.165) is 24.8 Å². The van der Waals surface area contributed by atoms with Gasteiger partial charge in [-0.1, -0.05) is 30.3 Å². The minimum absolute atomic E-state index is 0.00773. The fourth-order valence-electron chi connectivity index (χ4n) is 4.78. The lowest BCUT2D eigenvalue weighted by Gasteiger charge is -2.39. The monoisotopic (exact) mass is 459 g/mol. The van der Waals surface area contributed by atoms with Gasteiger partial charge in [-0.2, -0.15) is 0 Å². The van der Waals surface area contributed by atoms with E-state index in [-0.39, 0.29) is 37.4 Å². The lowest BCUT2D eigenvalue weighted by molar-refractivity contribution is -0.147. The Balaban J connectivity index is 1.22. The maximum absolute atomic E-state index is 12.8. The van der Waals surface area contributed by atoms with Crippen LogP contribution in [0, 0.1) is 5.41 Å². The van der Waals surface area contributed by atoms with Crippen molar-refractivity contribution in [1.29, 1.82) is 0 Å². The molecule has 1 spiro atoms. The van der Waals surface area contributed by atoms with Crippen molar-refractivity contribution in [2.45, 2.75) is 57.5 Å². The highest BCUT2D eigenvalue weighted by molar-refractivity contribution is 5.86. The number of amides is 3. The summed E-state index contributed by atoms with van der Waals surface area (Å²) in [6.07, 6.45) is 0.613. The van der Waals surface area contributed by atoms with Gasteiger partial charge in [-0.05, 0) is 43.6 Å². The third-order valence-electron chi connectivity index (χ3n) is 7.33. The van der Waals surface area contributed by atoms with Crippen LogP contribution < -0.4 is 0 Å². The van der Waals surface area contributed by atoms with E-state index in [1.54, 1.807) is 11.8 Å². The van der Waals surface area contributed by atoms with Crippen molar-refractivity contribution in [2.24, 2.45) is 5.41 Å². The predicted molar refractivity (Wildman–Crippen MR) is 119 cm³/mol. The second-order valence-corrected chi connectivity index (χ2v) is 9.45. The van der Waals surface area contributed by atoms with Crippen LogP contribution in [0.5, 0.6) is 0 Å². The third-order valence-corrected chi connectivity index (χ3v) is 7.33. The summed E-state index contributed by atoms with van der Waals surface area (Å²) in [7, 11) is 0. The molecule has 180 valence electrons. The Kier molecular flexibility index (Phi) is 6.90. The van der Waals surface area contributed by atoms with Crippen molar-refractivity contribution in [3.05, 3.63) is 35.9 Å². The maximum atomic E-state index is 12.8. The average molecular weight is 460 g/mol. The number of hydrogen-bond donors (Lipinski definition) is 2. The molecule has 1 aromatic rings. The van der Waals surface area contributed by atoms with E-state index in [2.05, 4.69) is 0 Å². The van der Waals surface area contributed by atoms with Crippen molar-refractivity contribution in [3.63, 3.8) is 0 Å². The molecular formula is C24H33N3O6. The summed E-state index contributed by atoms with van der Waals surface area (Å²) in [5, 5.41) is 20.7. The smallest absolute Gasteiger partial charge is 0.410 e. The topological polar surface area (TPSA) is 111 Å². The number of carbonyl (C=O) groups is 3. The van der Waals surface area contributed by atoms with Gasteiger partial charge in [0.2, 0.25) is 5.91 Å². The van der Waals surface area contributed by atoms with Gasteiger partial charge in [-0.15, -0.1) is 0 Å². The van der Waals surface area contributed by atoms with Crippen molar-refractivity contribution in [2.75, 3.05) is 32.7 Å². The van der Waals surface area contributed by atoms with E-state index in [1.165, 1.54) is 9.80 Å². The Hall–Kier alpha value is -2.65. The number of likely N-dealkylation sites (tertiary alicyclic amines) is 1. The first-order valence-corrected chi connectivity index (χ1v) is 11.7. The van der Waals surface area contributed by atoms with E-state index in [9.17, 15) is 24.6 Å². The predicted octanol–water partition coefficient (Wildman–Crippen LogP) is 0.980. The molecule has 1 aliphatic carbocycles. The summed E-state index contributed by atoms with van der Waals surface area (Å²) in [6.45, 7) is 3.47. The van der Waals surface area contributed by atoms with Crippen molar-refractivity contribution in [1.82, 2.24) is 14.7 Å². The van der Waals surface area contributed by atoms with Gasteiger partial charge in [0.15, 0.2) is 0 Å². The van der Waals surface area contributed by atoms with Crippen LogP contribution in [0.25, 0.3) is 0 Å². The molecule has 9 nitrogen and oxygen atoms in total. The highest BCUT2D eigenvalue weighted by atomic mass is 16.6. The van der Waals surface area contributed by atoms with Gasteiger partial charge in [0, 0.05) is 32.7 Å². The van der Waals surface area contributed by atoms with Crippen molar-refractivity contribution >= 4 is 17.9 Å². The molecule has 33 heavy (non-hydrogen) atoms. The van der Waals surface area contributed by atoms with Gasteiger partial charge in [-0.3, -0.25) is 14.5 Å². The molecule has 2 N–H and O–H groups in total. The summed E-state index contributed by atoms with van der Waals surface area (Å²) in [5.74, 6) is -0.630. The van der Waals surface area contributed by atoms with Gasteiger partial charge >= 0.3 is 6.09 Å². The molecule has 0 unspecified atom stereocenters. The number of piperazine rings is 1. The highest BCUT2D eigenvalue weighted by Crippen LogP contribution is 2.53. The molecule has 0 bridgehead atoms. The molecule has 3 atom stereocenters. The van der Waals surface area contributed by atoms with Crippen molar-refractivity contribution in [3.8, 4) is 0 Å². The van der Waals surface area contributed by atoms with Gasteiger partial charge in [0.1, 0.15) is 18.8 Å². The van der Waals surface area contributed by atoms with E-state index in [1.807, 2.05) is 30.3 Å². The molecule has 3 amide bonds. The summed E-state index contributed by atoms with van der Waals surface area (Å²) >= 11 is 0. The number of hydrogen-bond acceptors (Lipinski definition) is 6. The molecule has 2 aliphatic heterocycles. The zero-order chi connectivity index (χ0) is 23.6. The molecule has 1 saturated carbocycles. The molecule has 2 heterocycles. The second kappa shape index (κ2) is 9.69. The van der Waals surface area contributed by atoms with Crippen LogP contribution in [0.4, 0.5) is 4.79 Å². The van der Waals surface area contributed by atoms with Gasteiger partial charge in [0.25, 0.3) is 5.91 Å². The molecule has 0 aromatic heterocycles. The fourth-order valence-corrected chi connectivity index (χ4v) is 4.78. The number of benzene rings is 1. The van der Waals surface area contributed by atoms with Crippen LogP contribution in [0.1, 0.15) is 38.2 Å². The zero-order valence-corrected chi connectivity index (χ0v) is 19.1. The van der Waals surface area contributed by atoms with E-state index < -0.39 is 30.3 Å². The fraction of sp³-hybridized carbons (Fsp3) is 0.625. The molecule has 9 heteroatoms. The first kappa shape index (κ1) is 23.5. The Morgan fingerprint density at radius 1 is 1.15 bits per heavy atom. The van der Waals surface area contributed by atoms with Crippen LogP contribution in [-0.2, 0) is 20.9 Å². The van der Waals surface area contributed by atoms with Crippen LogP contribution in [0.3, 0.4) is 0 Å². The lowest BCUT2D eigenvalue weighted by Crippen LogP contribution is -2.58. The van der Waals surface area contributed by atoms with Crippen LogP contribution in [-0.4, -0.2) is 93.8 Å². The zero-order valence-electron chi connectivity index (χ0n) is 19.1. The van der Waals surface area contributed by atoms with Gasteiger partial charge < -0.3 is 24.7 Å². The molecular weight excluding hydrogens is 426 g/mol. The second-order valence-electron chi connectivity index (χ2n) is 9.45. The average Bonchev–Trinajstić information content (AvgIpc) is 3.61. The lowest BCUT2D eigenvalue weighted by atomic mass is 9.90. The molecule has 3 aliphatic rings. The summed E-state index contributed by atoms with van der Waals surface area (Å²) < 4.78 is 5.35. The number of carbonyl (C=O) groups excluding carboxylic acids is 3. The van der Waals surface area contributed by atoms with E-state index in [4.69, 9.17) is 4.74 Å². The van der Waals surface area contributed by atoms with Gasteiger partial charge in [-0.25, -0.2) is 4.79 Å². The number of piperidine rings is 1. The van der Waals surface area contributed by atoms with Gasteiger partial charge in [0.05, 0.1) is 6.10 Å². The minimum atomic E-state index is -1.22. The van der Waals surface area contributed by atoms with E-state index in [0.29, 0.717) is 19.6 Å². The van der Waals surface area contributed by atoms with E-state index >= 15 is 0 Å². The largest absolute Gasteiger partial charge is 0.445 e. The SMILES string of the molecule is C[C@H]1C(=O)N(CC[C@H](O)C(=O)N2CCC3(CC3)[C@H](O)C2)CCN1C(=O)OCc1ccccc1. The molecule has 3 fully saturated rings. The van der Waals surface area contributed by atoms with Crippen LogP contribution in [0.15, 0.2) is 30.3 Å². The summed E-state index contributed by atoms with van der Waals surface area (Å²) in [4.78, 5) is 42.4. The third kappa shape index (κ3) is 5.14. The number of nitrogens with zero attached hydrogens (tertiary/aromatic N) is 3. The molecule has 2 saturated heterocycles. The Morgan fingerprint density at radius 3 is 2.55 bits per heavy atom. The Labute approximate surface area is 193 Å². The number of rotatable bonds is 6. The first-order chi connectivity index (χ1) is 15.8. The number of aliphatic hydroxyl groups is 2. The number of β-amino-alcohol motifs (C(OH)–C–C–N with tert-alkyl or cyclic N) is 1. The maximum Gasteiger partial charge on any atom is 0.410 e. The molecule has 1 aromatic carbocycles. The van der Waals surface area contributed by atoms with Crippen molar-refractivity contribution < 1.29 is 29.3 Å². The highest BCUT2D eigenvalue weighted by Gasteiger charge is 2.52. The van der Waals surface area contributed by atoms with Crippen LogP contribution in [0.2, 0.25) is 0 Å². The standard InChI is InChI=1S/C24H33N3O6/c1-17-21(30)25(13-14-27(17)23(32)33-16-18-5-3-2-4-6-18)11-7-19(28)22(31)26-12-10-24(8-9-24)20(29)15-26/h2-6,17,19-20,28-29H,7-16H2,1H3/t17-,19-,20+/m0/s1. The van der Waals surface area contributed by atoms with Crippen LogP contribution >= 0.6 is 0 Å². The summed E-state index contributed by atoms with van der Waals surface area (Å²) in [5.41, 5.74) is 0.863. The first-order valence-electron chi connectivity index (χ1n) is 11.7. The normalized spacial score (nSPS) is 25.2. The molecule has 4 rings (SSSR count). The quantitative estimate of drug-likeness (QED) is 0.656.